The Morgan fingerprint density at radius 3 is 2.54 bits per heavy atom. The van der Waals surface area contributed by atoms with Crippen LogP contribution in [0.1, 0.15) is 27.2 Å². The van der Waals surface area contributed by atoms with E-state index < -0.39 is 5.97 Å². The van der Waals surface area contributed by atoms with E-state index in [1.54, 1.807) is 0 Å². The van der Waals surface area contributed by atoms with Crippen LogP contribution in [0.25, 0.3) is 0 Å². The van der Waals surface area contributed by atoms with Gasteiger partial charge >= 0.3 is 5.97 Å². The third-order valence-electron chi connectivity index (χ3n) is 2.87. The number of allylic oxidation sites excluding steroid dienone is 4. The van der Waals surface area contributed by atoms with E-state index in [1.165, 1.54) is 11.1 Å². The summed E-state index contributed by atoms with van der Waals surface area (Å²) in [5.41, 5.74) is 2.42. The van der Waals surface area contributed by atoms with Crippen LogP contribution in [0.4, 0.5) is 0 Å². The first-order valence-electron chi connectivity index (χ1n) is 4.66. The number of carboxylic acid groups (broad SMARTS) is 1. The van der Waals surface area contributed by atoms with Gasteiger partial charge in [-0.1, -0.05) is 30.2 Å². The van der Waals surface area contributed by atoms with Gasteiger partial charge in [0, 0.05) is 5.92 Å². The number of hydrogen-bond donors (Lipinski definition) is 1. The van der Waals surface area contributed by atoms with Crippen LogP contribution in [-0.2, 0) is 4.79 Å². The van der Waals surface area contributed by atoms with Crippen molar-refractivity contribution in [2.75, 3.05) is 0 Å². The average Bonchev–Trinajstić information content (AvgIpc) is 2.37. The zero-order valence-corrected chi connectivity index (χ0v) is 8.37. The van der Waals surface area contributed by atoms with Crippen LogP contribution in [0.3, 0.4) is 0 Å². The molecule has 0 aromatic heterocycles. The predicted octanol–water partition coefficient (Wildman–Crippen LogP) is 2.62. The molecule has 0 fully saturated rings. The van der Waals surface area contributed by atoms with Crippen molar-refractivity contribution < 1.29 is 9.90 Å². The Labute approximate surface area is 79.0 Å². The summed E-state index contributed by atoms with van der Waals surface area (Å²) in [6, 6.07) is 0. The van der Waals surface area contributed by atoms with Gasteiger partial charge in [-0.15, -0.1) is 0 Å². The largest absolute Gasteiger partial charge is 0.481 e. The molecule has 0 aromatic carbocycles. The lowest BCUT2D eigenvalue weighted by Gasteiger charge is -2.18. The Balaban J connectivity index is 2.84. The van der Waals surface area contributed by atoms with Crippen molar-refractivity contribution in [2.45, 2.75) is 27.2 Å². The maximum Gasteiger partial charge on any atom is 0.307 e. The van der Waals surface area contributed by atoms with Gasteiger partial charge in [-0.3, -0.25) is 4.79 Å². The smallest absolute Gasteiger partial charge is 0.307 e. The van der Waals surface area contributed by atoms with Crippen molar-refractivity contribution in [2.24, 2.45) is 11.8 Å². The van der Waals surface area contributed by atoms with Gasteiger partial charge in [0.15, 0.2) is 0 Å². The second-order valence-electron chi connectivity index (χ2n) is 3.60. The Morgan fingerprint density at radius 1 is 1.62 bits per heavy atom. The van der Waals surface area contributed by atoms with Crippen LogP contribution >= 0.6 is 0 Å². The molecule has 2 heteroatoms. The summed E-state index contributed by atoms with van der Waals surface area (Å²) in [4.78, 5) is 10.9. The Morgan fingerprint density at radius 2 is 2.23 bits per heavy atom. The highest BCUT2D eigenvalue weighted by atomic mass is 16.4. The predicted molar refractivity (Wildman–Crippen MR) is 52.4 cm³/mol. The molecule has 2 nitrogen and oxygen atoms in total. The van der Waals surface area contributed by atoms with E-state index in [0.29, 0.717) is 6.42 Å². The van der Waals surface area contributed by atoms with Crippen molar-refractivity contribution in [1.82, 2.24) is 0 Å². The first-order valence-corrected chi connectivity index (χ1v) is 4.66. The van der Waals surface area contributed by atoms with Crippen LogP contribution in [0.15, 0.2) is 23.3 Å². The summed E-state index contributed by atoms with van der Waals surface area (Å²) in [5, 5.41) is 8.98. The van der Waals surface area contributed by atoms with Crippen LogP contribution < -0.4 is 0 Å². The Kier molecular flexibility index (Phi) is 2.91. The summed E-state index contributed by atoms with van der Waals surface area (Å²) in [7, 11) is 0. The monoisotopic (exact) mass is 180 g/mol. The number of carboxylic acids is 1. The van der Waals surface area contributed by atoms with E-state index in [1.807, 2.05) is 32.9 Å². The summed E-state index contributed by atoms with van der Waals surface area (Å²) in [5.74, 6) is -0.831. The van der Waals surface area contributed by atoms with Gasteiger partial charge < -0.3 is 5.11 Å². The fourth-order valence-corrected chi connectivity index (χ4v) is 1.80. The molecule has 0 aliphatic heterocycles. The molecule has 0 bridgehead atoms. The molecular formula is C11H16O2. The first kappa shape index (κ1) is 10.0. The van der Waals surface area contributed by atoms with Crippen molar-refractivity contribution in [1.29, 1.82) is 0 Å². The van der Waals surface area contributed by atoms with Gasteiger partial charge in [-0.05, 0) is 20.3 Å². The maximum absolute atomic E-state index is 10.9. The topological polar surface area (TPSA) is 37.3 Å². The molecule has 0 saturated heterocycles. The molecule has 0 spiro atoms. The molecule has 1 N–H and O–H groups in total. The number of rotatable bonds is 3. The van der Waals surface area contributed by atoms with Crippen LogP contribution in [0.5, 0.6) is 0 Å². The van der Waals surface area contributed by atoms with Gasteiger partial charge in [-0.2, -0.15) is 0 Å². The Hall–Kier alpha value is -1.05. The second-order valence-corrected chi connectivity index (χ2v) is 3.60. The van der Waals surface area contributed by atoms with E-state index in [4.69, 9.17) is 5.11 Å². The quantitative estimate of drug-likeness (QED) is 0.724. The fourth-order valence-electron chi connectivity index (χ4n) is 1.80. The molecule has 1 aliphatic rings. The molecule has 0 amide bonds. The van der Waals surface area contributed by atoms with E-state index in [-0.39, 0.29) is 11.8 Å². The van der Waals surface area contributed by atoms with Crippen LogP contribution in [0.2, 0.25) is 0 Å². The van der Waals surface area contributed by atoms with Gasteiger partial charge in [0.1, 0.15) is 0 Å². The molecule has 72 valence electrons. The minimum absolute atomic E-state index is 0.113. The van der Waals surface area contributed by atoms with Gasteiger partial charge in [0.2, 0.25) is 0 Å². The van der Waals surface area contributed by atoms with Crippen molar-refractivity contribution in [3.8, 4) is 0 Å². The normalized spacial score (nSPS) is 23.8. The van der Waals surface area contributed by atoms with E-state index in [2.05, 4.69) is 0 Å². The Bertz CT molecular complexity index is 274. The zero-order chi connectivity index (χ0) is 10.0. The van der Waals surface area contributed by atoms with Gasteiger partial charge in [0.25, 0.3) is 0 Å². The first-order chi connectivity index (χ1) is 6.07. The number of aliphatic carboxylic acids is 1. The highest BCUT2D eigenvalue weighted by molar-refractivity contribution is 5.71. The molecule has 0 saturated carbocycles. The third kappa shape index (κ3) is 1.82. The average molecular weight is 180 g/mol. The van der Waals surface area contributed by atoms with Gasteiger partial charge in [-0.25, -0.2) is 0 Å². The van der Waals surface area contributed by atoms with E-state index in [0.717, 1.165) is 0 Å². The van der Waals surface area contributed by atoms with Gasteiger partial charge in [0.05, 0.1) is 5.92 Å². The number of hydrogen-bond acceptors (Lipinski definition) is 1. The zero-order valence-electron chi connectivity index (χ0n) is 8.37. The van der Waals surface area contributed by atoms with Crippen molar-refractivity contribution >= 4 is 5.97 Å². The lowest BCUT2D eigenvalue weighted by molar-refractivity contribution is -0.142. The van der Waals surface area contributed by atoms with Crippen LogP contribution in [-0.4, -0.2) is 11.1 Å². The fraction of sp³-hybridized carbons (Fsp3) is 0.545. The third-order valence-corrected chi connectivity index (χ3v) is 2.87. The highest BCUT2D eigenvalue weighted by Gasteiger charge is 2.28. The summed E-state index contributed by atoms with van der Waals surface area (Å²) in [6.45, 7) is 5.97. The molecule has 0 aromatic rings. The SMILES string of the molecule is CCC(C(=O)O)C1C=CC(C)=C1C. The summed E-state index contributed by atoms with van der Waals surface area (Å²) in [6.07, 6.45) is 4.72. The molecule has 13 heavy (non-hydrogen) atoms. The minimum Gasteiger partial charge on any atom is -0.481 e. The molecule has 1 rings (SSSR count). The molecule has 1 aliphatic carbocycles. The minimum atomic E-state index is -0.689. The lowest BCUT2D eigenvalue weighted by Crippen LogP contribution is -2.21. The molecule has 0 radical (unpaired) electrons. The van der Waals surface area contributed by atoms with E-state index >= 15 is 0 Å². The molecular weight excluding hydrogens is 164 g/mol. The number of carbonyl (C=O) groups is 1. The molecule has 0 heterocycles. The van der Waals surface area contributed by atoms with Crippen LogP contribution in [0, 0.1) is 11.8 Å². The summed E-state index contributed by atoms with van der Waals surface area (Å²) >= 11 is 0. The van der Waals surface area contributed by atoms with E-state index in [9.17, 15) is 4.79 Å². The standard InChI is InChI=1S/C11H16O2/c1-4-9(11(12)13)10-6-5-7(2)8(10)3/h5-6,9-10H,4H2,1-3H3,(H,12,13). The van der Waals surface area contributed by atoms with Crippen molar-refractivity contribution in [3.05, 3.63) is 23.3 Å². The lowest BCUT2D eigenvalue weighted by atomic mass is 9.86. The molecule has 2 atom stereocenters. The maximum atomic E-state index is 10.9. The second kappa shape index (κ2) is 3.77. The highest BCUT2D eigenvalue weighted by Crippen LogP contribution is 2.32. The van der Waals surface area contributed by atoms with Crippen molar-refractivity contribution in [3.63, 3.8) is 0 Å². The molecule has 2 unspecified atom stereocenters. The summed E-state index contributed by atoms with van der Waals surface area (Å²) < 4.78 is 0.